The van der Waals surface area contributed by atoms with E-state index in [1.165, 1.54) is 10.5 Å². The van der Waals surface area contributed by atoms with Gasteiger partial charge in [0.1, 0.15) is 18.8 Å². The van der Waals surface area contributed by atoms with Crippen molar-refractivity contribution in [3.8, 4) is 5.75 Å². The number of carbonyl (C=O) groups excluding carboxylic acids is 1. The summed E-state index contributed by atoms with van der Waals surface area (Å²) in [5.41, 5.74) is 5.33. The molecule has 1 fully saturated rings. The van der Waals surface area contributed by atoms with Gasteiger partial charge >= 0.3 is 0 Å². The maximum atomic E-state index is 12.5. The van der Waals surface area contributed by atoms with Crippen LogP contribution in [-0.2, 0) is 4.74 Å². The zero-order valence-electron chi connectivity index (χ0n) is 17.4. The van der Waals surface area contributed by atoms with Crippen LogP contribution in [0.1, 0.15) is 42.7 Å². The number of rotatable bonds is 7. The van der Waals surface area contributed by atoms with Crippen molar-refractivity contribution in [3.05, 3.63) is 65.7 Å². The first-order valence-corrected chi connectivity index (χ1v) is 10.1. The molecule has 1 heterocycles. The van der Waals surface area contributed by atoms with E-state index in [1.54, 1.807) is 24.3 Å². The first-order valence-electron chi connectivity index (χ1n) is 10.1. The van der Waals surface area contributed by atoms with Gasteiger partial charge in [0.2, 0.25) is 0 Å². The predicted molar refractivity (Wildman–Crippen MR) is 113 cm³/mol. The van der Waals surface area contributed by atoms with Gasteiger partial charge in [-0.05, 0) is 45.0 Å². The second-order valence-corrected chi connectivity index (χ2v) is 7.50. The second kappa shape index (κ2) is 10.2. The molecule has 29 heavy (non-hydrogen) atoms. The van der Waals surface area contributed by atoms with Crippen LogP contribution in [0, 0.1) is 0 Å². The molecule has 2 aromatic rings. The van der Waals surface area contributed by atoms with Crippen molar-refractivity contribution in [2.75, 3.05) is 26.3 Å². The molecule has 1 amide bonds. The van der Waals surface area contributed by atoms with Crippen molar-refractivity contribution in [1.29, 1.82) is 0 Å². The third kappa shape index (κ3) is 5.89. The van der Waals surface area contributed by atoms with Crippen LogP contribution in [0.4, 0.5) is 0 Å². The van der Waals surface area contributed by atoms with Crippen LogP contribution in [-0.4, -0.2) is 44.0 Å². The van der Waals surface area contributed by atoms with Gasteiger partial charge in [0.05, 0.1) is 25.0 Å². The molecule has 1 aliphatic rings. The van der Waals surface area contributed by atoms with Gasteiger partial charge in [0.15, 0.2) is 6.04 Å². The molecule has 0 radical (unpaired) electrons. The van der Waals surface area contributed by atoms with Gasteiger partial charge in [-0.2, -0.15) is 5.10 Å². The highest BCUT2D eigenvalue weighted by atomic mass is 16.5. The Morgan fingerprint density at radius 2 is 1.72 bits per heavy atom. The van der Waals surface area contributed by atoms with Crippen molar-refractivity contribution < 1.29 is 19.2 Å². The molecular weight excluding hydrogens is 366 g/mol. The minimum absolute atomic E-state index is 0.0854. The number of hydrazone groups is 1. The van der Waals surface area contributed by atoms with Crippen molar-refractivity contribution >= 4 is 11.6 Å². The SMILES string of the molecule is C/C(=N/NC(=O)c1ccc(OC(C)C)cc1)[C@H](c1ccccc1)[NH+]1CCOCC1. The van der Waals surface area contributed by atoms with Gasteiger partial charge in [-0.3, -0.25) is 4.79 Å². The number of morpholine rings is 1. The van der Waals surface area contributed by atoms with Crippen LogP contribution in [0.5, 0.6) is 5.75 Å². The van der Waals surface area contributed by atoms with Gasteiger partial charge in [-0.1, -0.05) is 30.3 Å². The fourth-order valence-electron chi connectivity index (χ4n) is 3.57. The summed E-state index contributed by atoms with van der Waals surface area (Å²) < 4.78 is 11.1. The van der Waals surface area contributed by atoms with E-state index < -0.39 is 0 Å². The summed E-state index contributed by atoms with van der Waals surface area (Å²) in [5.74, 6) is 0.514. The van der Waals surface area contributed by atoms with Crippen molar-refractivity contribution in [2.45, 2.75) is 32.9 Å². The average molecular weight is 397 g/mol. The van der Waals surface area contributed by atoms with E-state index in [4.69, 9.17) is 9.47 Å². The van der Waals surface area contributed by atoms with Gasteiger partial charge in [-0.15, -0.1) is 0 Å². The lowest BCUT2D eigenvalue weighted by Crippen LogP contribution is -3.15. The second-order valence-electron chi connectivity index (χ2n) is 7.50. The largest absolute Gasteiger partial charge is 0.491 e. The van der Waals surface area contributed by atoms with Gasteiger partial charge in [0.25, 0.3) is 5.91 Å². The Balaban J connectivity index is 1.72. The standard InChI is InChI=1S/C23H29N3O3/c1-17(2)29-21-11-9-20(10-12-21)23(27)25-24-18(3)22(19-7-5-4-6-8-19)26-13-15-28-16-14-26/h4-12,17,22H,13-16H2,1-3H3,(H,25,27)/p+1/b24-18-/t22-/m1/s1. The van der Waals surface area contributed by atoms with E-state index in [-0.39, 0.29) is 18.1 Å². The van der Waals surface area contributed by atoms with Crippen LogP contribution in [0.25, 0.3) is 0 Å². The Bertz CT molecular complexity index is 813. The molecule has 0 aromatic heterocycles. The topological polar surface area (TPSA) is 64.4 Å². The zero-order valence-corrected chi connectivity index (χ0v) is 17.4. The number of quaternary nitrogens is 1. The number of carbonyl (C=O) groups is 1. The summed E-state index contributed by atoms with van der Waals surface area (Å²) in [4.78, 5) is 13.9. The molecule has 0 bridgehead atoms. The number of nitrogens with one attached hydrogen (secondary N) is 2. The van der Waals surface area contributed by atoms with Crippen molar-refractivity contribution in [3.63, 3.8) is 0 Å². The quantitative estimate of drug-likeness (QED) is 0.557. The molecule has 2 aromatic carbocycles. The lowest BCUT2D eigenvalue weighted by Gasteiger charge is -2.31. The summed E-state index contributed by atoms with van der Waals surface area (Å²) in [6, 6.07) is 17.5. The monoisotopic (exact) mass is 396 g/mol. The van der Waals surface area contributed by atoms with Gasteiger partial charge < -0.3 is 14.4 Å². The summed E-state index contributed by atoms with van der Waals surface area (Å²) in [6.07, 6.45) is 0.0968. The molecule has 6 nitrogen and oxygen atoms in total. The minimum Gasteiger partial charge on any atom is -0.491 e. The van der Waals surface area contributed by atoms with Crippen LogP contribution in [0.3, 0.4) is 0 Å². The van der Waals surface area contributed by atoms with Crippen molar-refractivity contribution in [1.82, 2.24) is 5.43 Å². The van der Waals surface area contributed by atoms with Gasteiger partial charge in [0, 0.05) is 11.1 Å². The van der Waals surface area contributed by atoms with E-state index in [1.807, 2.05) is 39.0 Å². The van der Waals surface area contributed by atoms with Crippen LogP contribution in [0.2, 0.25) is 0 Å². The molecule has 0 spiro atoms. The molecule has 1 aliphatic heterocycles. The summed E-state index contributed by atoms with van der Waals surface area (Å²) in [7, 11) is 0. The third-order valence-electron chi connectivity index (χ3n) is 4.92. The van der Waals surface area contributed by atoms with Gasteiger partial charge in [-0.25, -0.2) is 5.43 Å². The third-order valence-corrected chi connectivity index (χ3v) is 4.92. The van der Waals surface area contributed by atoms with E-state index in [0.29, 0.717) is 5.56 Å². The Morgan fingerprint density at radius 3 is 2.34 bits per heavy atom. The van der Waals surface area contributed by atoms with E-state index >= 15 is 0 Å². The summed E-state index contributed by atoms with van der Waals surface area (Å²) in [6.45, 7) is 9.22. The van der Waals surface area contributed by atoms with E-state index in [2.05, 4.69) is 22.7 Å². The molecule has 0 aliphatic carbocycles. The normalized spacial score (nSPS) is 16.5. The number of benzene rings is 2. The lowest BCUT2D eigenvalue weighted by molar-refractivity contribution is -0.928. The Labute approximate surface area is 172 Å². The summed E-state index contributed by atoms with van der Waals surface area (Å²) in [5, 5.41) is 4.45. The first-order chi connectivity index (χ1) is 14.0. The number of amides is 1. The molecule has 3 rings (SSSR count). The van der Waals surface area contributed by atoms with Crippen LogP contribution >= 0.6 is 0 Å². The molecular formula is C23H30N3O3+. The Morgan fingerprint density at radius 1 is 1.07 bits per heavy atom. The zero-order chi connectivity index (χ0) is 20.6. The summed E-state index contributed by atoms with van der Waals surface area (Å²) >= 11 is 0. The molecule has 6 heteroatoms. The minimum atomic E-state index is -0.232. The van der Waals surface area contributed by atoms with Crippen molar-refractivity contribution in [2.24, 2.45) is 5.10 Å². The lowest BCUT2D eigenvalue weighted by atomic mass is 10.0. The predicted octanol–water partition coefficient (Wildman–Crippen LogP) is 2.24. The number of hydrogen-bond donors (Lipinski definition) is 2. The highest BCUT2D eigenvalue weighted by Crippen LogP contribution is 2.14. The number of hydrogen-bond acceptors (Lipinski definition) is 4. The fourth-order valence-corrected chi connectivity index (χ4v) is 3.57. The molecule has 2 N–H and O–H groups in total. The number of ether oxygens (including phenoxy) is 2. The number of nitrogens with zero attached hydrogens (tertiary/aromatic N) is 1. The van der Waals surface area contributed by atoms with Crippen LogP contribution in [0.15, 0.2) is 59.7 Å². The maximum absolute atomic E-state index is 12.5. The smallest absolute Gasteiger partial charge is 0.271 e. The molecule has 0 saturated carbocycles. The van der Waals surface area contributed by atoms with E-state index in [9.17, 15) is 4.79 Å². The van der Waals surface area contributed by atoms with Crippen LogP contribution < -0.4 is 15.1 Å². The highest BCUT2D eigenvalue weighted by Gasteiger charge is 2.29. The average Bonchev–Trinajstić information content (AvgIpc) is 2.74. The maximum Gasteiger partial charge on any atom is 0.271 e. The molecule has 1 saturated heterocycles. The van der Waals surface area contributed by atoms with E-state index in [0.717, 1.165) is 37.8 Å². The first kappa shape index (κ1) is 21.0. The highest BCUT2D eigenvalue weighted by molar-refractivity contribution is 5.96. The molecule has 154 valence electrons. The molecule has 1 atom stereocenters. The Kier molecular flexibility index (Phi) is 7.38. The Hall–Kier alpha value is -2.70. The fraction of sp³-hybridized carbons (Fsp3) is 0.391. The molecule has 0 unspecified atom stereocenters.